The number of carbonyl (C=O) groups excluding carboxylic acids is 1. The van der Waals surface area contributed by atoms with Gasteiger partial charge in [-0.2, -0.15) is 4.31 Å². The van der Waals surface area contributed by atoms with Gasteiger partial charge in [0.2, 0.25) is 15.9 Å². The maximum absolute atomic E-state index is 13.1. The SMILES string of the molecule is COCC(=O)N1C[C@@H]2C[C@@H]3[C@@](C1)(CN(Cc1cccc(Cl)c1)S3(=O)=O)O2. The highest BCUT2D eigenvalue weighted by Gasteiger charge is 2.65. The van der Waals surface area contributed by atoms with Crippen molar-refractivity contribution in [1.29, 1.82) is 0 Å². The molecule has 0 aromatic heterocycles. The molecule has 3 aliphatic rings. The number of halogens is 1. The lowest BCUT2D eigenvalue weighted by atomic mass is 9.99. The van der Waals surface area contributed by atoms with E-state index in [2.05, 4.69) is 0 Å². The molecule has 3 heterocycles. The van der Waals surface area contributed by atoms with Crippen molar-refractivity contribution in [2.75, 3.05) is 33.4 Å². The number of ether oxygens (including phenoxy) is 2. The fraction of sp³-hybridized carbons (Fsp3) is 0.588. The second-order valence-corrected chi connectivity index (χ2v) is 9.73. The molecule has 7 nitrogen and oxygen atoms in total. The summed E-state index contributed by atoms with van der Waals surface area (Å²) in [6.07, 6.45) is 0.183. The molecular formula is C17H21ClN2O5S. The average Bonchev–Trinajstić information content (AvgIpc) is 2.94. The number of sulfonamides is 1. The van der Waals surface area contributed by atoms with Crippen LogP contribution in [0.5, 0.6) is 0 Å². The third kappa shape index (κ3) is 2.93. The van der Waals surface area contributed by atoms with E-state index in [-0.39, 0.29) is 38.3 Å². The van der Waals surface area contributed by atoms with E-state index in [1.807, 2.05) is 6.07 Å². The van der Waals surface area contributed by atoms with Gasteiger partial charge in [-0.15, -0.1) is 0 Å². The Morgan fingerprint density at radius 1 is 1.42 bits per heavy atom. The molecule has 2 bridgehead atoms. The molecule has 9 heteroatoms. The summed E-state index contributed by atoms with van der Waals surface area (Å²) >= 11 is 6.02. The molecule has 4 rings (SSSR count). The highest BCUT2D eigenvalue weighted by Crippen LogP contribution is 2.47. The summed E-state index contributed by atoms with van der Waals surface area (Å²) in [6, 6.07) is 7.18. The third-order valence-electron chi connectivity index (χ3n) is 5.38. The van der Waals surface area contributed by atoms with Gasteiger partial charge in [-0.3, -0.25) is 4.79 Å². The number of nitrogens with zero attached hydrogens (tertiary/aromatic N) is 2. The largest absolute Gasteiger partial charge is 0.375 e. The van der Waals surface area contributed by atoms with E-state index in [1.54, 1.807) is 23.1 Å². The number of fused-ring (bicyclic) bond motifs is 1. The number of methoxy groups -OCH3 is 1. The van der Waals surface area contributed by atoms with Crippen molar-refractivity contribution in [3.63, 3.8) is 0 Å². The first kappa shape index (κ1) is 18.2. The van der Waals surface area contributed by atoms with E-state index in [1.165, 1.54) is 11.4 Å². The van der Waals surface area contributed by atoms with Gasteiger partial charge in [-0.25, -0.2) is 8.42 Å². The molecule has 0 unspecified atom stereocenters. The van der Waals surface area contributed by atoms with Gasteiger partial charge in [-0.1, -0.05) is 23.7 Å². The smallest absolute Gasteiger partial charge is 0.248 e. The van der Waals surface area contributed by atoms with Gasteiger partial charge in [0.25, 0.3) is 0 Å². The van der Waals surface area contributed by atoms with E-state index >= 15 is 0 Å². The molecule has 3 saturated heterocycles. The number of benzene rings is 1. The van der Waals surface area contributed by atoms with Crippen LogP contribution in [0, 0.1) is 0 Å². The monoisotopic (exact) mass is 400 g/mol. The Morgan fingerprint density at radius 3 is 2.96 bits per heavy atom. The molecule has 3 fully saturated rings. The second kappa shape index (κ2) is 6.45. The van der Waals surface area contributed by atoms with Gasteiger partial charge in [0.1, 0.15) is 17.5 Å². The highest BCUT2D eigenvalue weighted by molar-refractivity contribution is 7.90. The minimum Gasteiger partial charge on any atom is -0.375 e. The average molecular weight is 401 g/mol. The van der Waals surface area contributed by atoms with Gasteiger partial charge in [0, 0.05) is 31.8 Å². The van der Waals surface area contributed by atoms with Crippen LogP contribution in [0.2, 0.25) is 5.02 Å². The second-order valence-electron chi connectivity index (χ2n) is 7.18. The number of rotatable bonds is 4. The number of hydrogen-bond donors (Lipinski definition) is 0. The maximum atomic E-state index is 13.1. The zero-order chi connectivity index (χ0) is 18.5. The normalized spacial score (nSPS) is 32.6. The lowest BCUT2D eigenvalue weighted by Crippen LogP contribution is -2.57. The molecule has 0 radical (unpaired) electrons. The van der Waals surface area contributed by atoms with Crippen molar-refractivity contribution >= 4 is 27.5 Å². The Bertz CT molecular complexity index is 832. The minimum absolute atomic E-state index is 0.00749. The first-order chi connectivity index (χ1) is 12.3. The van der Waals surface area contributed by atoms with Gasteiger partial charge in [0.15, 0.2) is 0 Å². The van der Waals surface area contributed by atoms with Crippen LogP contribution in [0.3, 0.4) is 0 Å². The molecular weight excluding hydrogens is 380 g/mol. The van der Waals surface area contributed by atoms with Gasteiger partial charge in [0.05, 0.1) is 12.6 Å². The van der Waals surface area contributed by atoms with E-state index in [0.29, 0.717) is 18.0 Å². The van der Waals surface area contributed by atoms with Crippen molar-refractivity contribution in [3.8, 4) is 0 Å². The molecule has 1 spiro atoms. The highest BCUT2D eigenvalue weighted by atomic mass is 35.5. The summed E-state index contributed by atoms with van der Waals surface area (Å²) in [4.78, 5) is 13.9. The topological polar surface area (TPSA) is 76.2 Å². The van der Waals surface area contributed by atoms with Crippen LogP contribution < -0.4 is 0 Å². The van der Waals surface area contributed by atoms with Crippen LogP contribution in [-0.2, 0) is 30.8 Å². The Morgan fingerprint density at radius 2 is 2.23 bits per heavy atom. The van der Waals surface area contributed by atoms with Crippen LogP contribution in [-0.4, -0.2) is 73.8 Å². The molecule has 26 heavy (non-hydrogen) atoms. The van der Waals surface area contributed by atoms with Crippen LogP contribution in [0.4, 0.5) is 0 Å². The van der Waals surface area contributed by atoms with Crippen LogP contribution in [0.1, 0.15) is 12.0 Å². The molecule has 0 aliphatic carbocycles. The predicted octanol–water partition coefficient (Wildman–Crippen LogP) is 0.870. The van der Waals surface area contributed by atoms with E-state index in [9.17, 15) is 13.2 Å². The van der Waals surface area contributed by atoms with E-state index in [0.717, 1.165) is 5.56 Å². The Labute approximate surface area is 157 Å². The summed E-state index contributed by atoms with van der Waals surface area (Å²) in [5.74, 6) is -0.133. The molecule has 0 saturated carbocycles. The Kier molecular flexibility index (Phi) is 4.51. The molecule has 1 amide bonds. The maximum Gasteiger partial charge on any atom is 0.248 e. The lowest BCUT2D eigenvalue weighted by molar-refractivity contribution is -0.154. The molecule has 3 atom stereocenters. The Hall–Kier alpha value is -1.19. The lowest BCUT2D eigenvalue weighted by Gasteiger charge is -2.39. The first-order valence-corrected chi connectivity index (χ1v) is 10.4. The quantitative estimate of drug-likeness (QED) is 0.749. The zero-order valence-electron chi connectivity index (χ0n) is 14.4. The predicted molar refractivity (Wildman–Crippen MR) is 95.2 cm³/mol. The van der Waals surface area contributed by atoms with Crippen LogP contribution in [0.15, 0.2) is 24.3 Å². The third-order valence-corrected chi connectivity index (χ3v) is 7.93. The van der Waals surface area contributed by atoms with Crippen molar-refractivity contribution < 1.29 is 22.7 Å². The van der Waals surface area contributed by atoms with E-state index < -0.39 is 20.9 Å². The van der Waals surface area contributed by atoms with Crippen molar-refractivity contribution in [1.82, 2.24) is 9.21 Å². The standard InChI is InChI=1S/C17H21ClN2O5S/c1-24-9-16(21)19-8-14-6-15-17(10-19,25-14)11-20(26(15,22)23)7-12-3-2-4-13(18)5-12/h2-5,14-15H,6-11H2,1H3/t14-,15+,17+/m0/s1. The van der Waals surface area contributed by atoms with Crippen molar-refractivity contribution in [2.45, 2.75) is 29.9 Å². The fourth-order valence-corrected chi connectivity index (χ4v) is 6.84. The molecule has 142 valence electrons. The first-order valence-electron chi connectivity index (χ1n) is 8.52. The minimum atomic E-state index is -3.50. The molecule has 1 aromatic rings. The fourth-order valence-electron chi connectivity index (χ4n) is 4.33. The zero-order valence-corrected chi connectivity index (χ0v) is 16.0. The number of amides is 1. The van der Waals surface area contributed by atoms with Gasteiger partial charge in [-0.05, 0) is 24.1 Å². The van der Waals surface area contributed by atoms with E-state index in [4.69, 9.17) is 21.1 Å². The summed E-state index contributed by atoms with van der Waals surface area (Å²) in [5.41, 5.74) is -0.0267. The Balaban J connectivity index is 1.58. The van der Waals surface area contributed by atoms with Crippen LogP contribution in [0.25, 0.3) is 0 Å². The van der Waals surface area contributed by atoms with Gasteiger partial charge >= 0.3 is 0 Å². The number of morpholine rings is 1. The van der Waals surface area contributed by atoms with Crippen LogP contribution >= 0.6 is 11.6 Å². The summed E-state index contributed by atoms with van der Waals surface area (Å²) < 4.78 is 38.7. The number of carbonyl (C=O) groups is 1. The summed E-state index contributed by atoms with van der Waals surface area (Å²) in [7, 11) is -2.03. The number of hydrogen-bond acceptors (Lipinski definition) is 5. The van der Waals surface area contributed by atoms with Crippen molar-refractivity contribution in [3.05, 3.63) is 34.9 Å². The van der Waals surface area contributed by atoms with Gasteiger partial charge < -0.3 is 14.4 Å². The molecule has 3 aliphatic heterocycles. The summed E-state index contributed by atoms with van der Waals surface area (Å²) in [5, 5.41) is -0.0395. The molecule has 0 N–H and O–H groups in total. The number of likely N-dealkylation sites (tertiary alicyclic amines) is 1. The summed E-state index contributed by atoms with van der Waals surface area (Å²) in [6.45, 7) is 1.19. The molecule has 1 aromatic carbocycles. The van der Waals surface area contributed by atoms with Crippen molar-refractivity contribution in [2.24, 2.45) is 0 Å².